The minimum absolute atomic E-state index is 0.103. The minimum Gasteiger partial charge on any atom is -0.355 e. The van der Waals surface area contributed by atoms with Crippen LogP contribution in [-0.2, 0) is 14.8 Å². The van der Waals surface area contributed by atoms with E-state index in [-0.39, 0.29) is 18.2 Å². The first-order chi connectivity index (χ1) is 10.6. The third kappa shape index (κ3) is 6.40. The SMILES string of the molecule is CC(=O)c1ccc(N(CC(=O)NCCC(C)C)S(C)(=O)=O)cc1. The monoisotopic (exact) mass is 340 g/mol. The van der Waals surface area contributed by atoms with Crippen molar-refractivity contribution in [1.29, 1.82) is 0 Å². The Kier molecular flexibility index (Phi) is 6.75. The van der Waals surface area contributed by atoms with Gasteiger partial charge >= 0.3 is 0 Å². The van der Waals surface area contributed by atoms with E-state index in [1.54, 1.807) is 12.1 Å². The Morgan fingerprint density at radius 3 is 2.17 bits per heavy atom. The fraction of sp³-hybridized carbons (Fsp3) is 0.500. The number of amides is 1. The van der Waals surface area contributed by atoms with Crippen molar-refractivity contribution in [3.8, 4) is 0 Å². The van der Waals surface area contributed by atoms with Gasteiger partial charge in [-0.3, -0.25) is 13.9 Å². The van der Waals surface area contributed by atoms with Crippen molar-refractivity contribution in [2.45, 2.75) is 27.2 Å². The quantitative estimate of drug-likeness (QED) is 0.732. The van der Waals surface area contributed by atoms with Crippen molar-refractivity contribution in [3.05, 3.63) is 29.8 Å². The lowest BCUT2D eigenvalue weighted by atomic mass is 10.1. The van der Waals surface area contributed by atoms with Gasteiger partial charge in [0, 0.05) is 12.1 Å². The summed E-state index contributed by atoms with van der Waals surface area (Å²) >= 11 is 0. The van der Waals surface area contributed by atoms with Gasteiger partial charge in [-0.15, -0.1) is 0 Å². The number of rotatable bonds is 8. The molecule has 0 saturated heterocycles. The first-order valence-corrected chi connectivity index (χ1v) is 9.31. The molecule has 1 aromatic carbocycles. The summed E-state index contributed by atoms with van der Waals surface area (Å²) in [6.07, 6.45) is 1.88. The maximum Gasteiger partial charge on any atom is 0.240 e. The average Bonchev–Trinajstić information content (AvgIpc) is 2.43. The first-order valence-electron chi connectivity index (χ1n) is 7.46. The van der Waals surface area contributed by atoms with Crippen LogP contribution in [0.4, 0.5) is 5.69 Å². The van der Waals surface area contributed by atoms with Crippen LogP contribution >= 0.6 is 0 Å². The number of carbonyl (C=O) groups excluding carboxylic acids is 2. The van der Waals surface area contributed by atoms with Crippen molar-refractivity contribution >= 4 is 27.4 Å². The predicted molar refractivity (Wildman–Crippen MR) is 91.1 cm³/mol. The Bertz CT molecular complexity index is 651. The Balaban J connectivity index is 2.85. The molecule has 7 heteroatoms. The summed E-state index contributed by atoms with van der Waals surface area (Å²) < 4.78 is 24.9. The number of ketones is 1. The molecule has 0 saturated carbocycles. The molecule has 128 valence electrons. The van der Waals surface area contributed by atoms with Crippen LogP contribution in [0.2, 0.25) is 0 Å². The van der Waals surface area contributed by atoms with Crippen LogP contribution < -0.4 is 9.62 Å². The van der Waals surface area contributed by atoms with Crippen LogP contribution in [0.15, 0.2) is 24.3 Å². The number of carbonyl (C=O) groups is 2. The maximum atomic E-state index is 12.0. The minimum atomic E-state index is -3.60. The molecule has 1 N–H and O–H groups in total. The Morgan fingerprint density at radius 1 is 1.17 bits per heavy atom. The lowest BCUT2D eigenvalue weighted by Gasteiger charge is -2.22. The highest BCUT2D eigenvalue weighted by Gasteiger charge is 2.20. The zero-order valence-corrected chi connectivity index (χ0v) is 14.8. The molecule has 1 rings (SSSR count). The van der Waals surface area contributed by atoms with Crippen molar-refractivity contribution in [1.82, 2.24) is 5.32 Å². The summed E-state index contributed by atoms with van der Waals surface area (Å²) in [5, 5.41) is 2.72. The fourth-order valence-corrected chi connectivity index (χ4v) is 2.81. The standard InChI is InChI=1S/C16H24N2O4S/c1-12(2)9-10-17-16(20)11-18(23(4,21)22)15-7-5-14(6-8-15)13(3)19/h5-8,12H,9-11H2,1-4H3,(H,17,20). The van der Waals surface area contributed by atoms with Crippen molar-refractivity contribution in [2.24, 2.45) is 5.92 Å². The van der Waals surface area contributed by atoms with Gasteiger partial charge in [0.2, 0.25) is 15.9 Å². The fourth-order valence-electron chi connectivity index (χ4n) is 1.95. The van der Waals surface area contributed by atoms with Crippen LogP contribution in [0.3, 0.4) is 0 Å². The number of benzene rings is 1. The smallest absolute Gasteiger partial charge is 0.240 e. The summed E-state index contributed by atoms with van der Waals surface area (Å²) in [6, 6.07) is 6.15. The Morgan fingerprint density at radius 2 is 1.74 bits per heavy atom. The summed E-state index contributed by atoms with van der Waals surface area (Å²) in [5.41, 5.74) is 0.847. The van der Waals surface area contributed by atoms with E-state index in [1.165, 1.54) is 19.1 Å². The van der Waals surface area contributed by atoms with Crippen molar-refractivity contribution in [2.75, 3.05) is 23.7 Å². The van der Waals surface area contributed by atoms with Gasteiger partial charge in [0.25, 0.3) is 0 Å². The van der Waals surface area contributed by atoms with E-state index >= 15 is 0 Å². The molecule has 0 atom stereocenters. The molecule has 0 unspecified atom stereocenters. The maximum absolute atomic E-state index is 12.0. The van der Waals surface area contributed by atoms with Gasteiger partial charge in [-0.1, -0.05) is 13.8 Å². The zero-order chi connectivity index (χ0) is 17.6. The van der Waals surface area contributed by atoms with Gasteiger partial charge in [0.1, 0.15) is 6.54 Å². The molecule has 23 heavy (non-hydrogen) atoms. The third-order valence-corrected chi connectivity index (χ3v) is 4.43. The van der Waals surface area contributed by atoms with Gasteiger partial charge < -0.3 is 5.32 Å². The molecule has 0 aromatic heterocycles. The van der Waals surface area contributed by atoms with Crippen molar-refractivity contribution < 1.29 is 18.0 Å². The van der Waals surface area contributed by atoms with E-state index in [0.29, 0.717) is 23.7 Å². The van der Waals surface area contributed by atoms with Crippen LogP contribution in [0.25, 0.3) is 0 Å². The summed E-state index contributed by atoms with van der Waals surface area (Å²) in [4.78, 5) is 23.2. The van der Waals surface area contributed by atoms with E-state index in [1.807, 2.05) is 13.8 Å². The highest BCUT2D eigenvalue weighted by atomic mass is 32.2. The van der Waals surface area contributed by atoms with E-state index < -0.39 is 10.0 Å². The largest absolute Gasteiger partial charge is 0.355 e. The predicted octanol–water partition coefficient (Wildman–Crippen LogP) is 1.82. The molecule has 0 bridgehead atoms. The number of anilines is 1. The average molecular weight is 340 g/mol. The zero-order valence-electron chi connectivity index (χ0n) is 14.0. The topological polar surface area (TPSA) is 83.6 Å². The number of Topliss-reactive ketones (excluding diaryl/α,β-unsaturated/α-hetero) is 1. The molecule has 0 fully saturated rings. The van der Waals surface area contributed by atoms with Crippen LogP contribution in [-0.4, -0.2) is 39.5 Å². The van der Waals surface area contributed by atoms with Crippen molar-refractivity contribution in [3.63, 3.8) is 0 Å². The Hall–Kier alpha value is -1.89. The lowest BCUT2D eigenvalue weighted by molar-refractivity contribution is -0.119. The highest BCUT2D eigenvalue weighted by molar-refractivity contribution is 7.92. The summed E-state index contributed by atoms with van der Waals surface area (Å²) in [5.74, 6) is 0.000963. The summed E-state index contributed by atoms with van der Waals surface area (Å²) in [7, 11) is -3.60. The number of sulfonamides is 1. The second kappa shape index (κ2) is 8.10. The number of hydrogen-bond donors (Lipinski definition) is 1. The number of nitrogens with one attached hydrogen (secondary N) is 1. The Labute approximate surface area is 137 Å². The molecule has 0 spiro atoms. The molecule has 0 heterocycles. The second-order valence-electron chi connectivity index (χ2n) is 5.91. The molecule has 0 aliphatic carbocycles. The van der Waals surface area contributed by atoms with E-state index in [0.717, 1.165) is 17.0 Å². The molecule has 0 aliphatic heterocycles. The lowest BCUT2D eigenvalue weighted by Crippen LogP contribution is -2.40. The van der Waals surface area contributed by atoms with E-state index in [4.69, 9.17) is 0 Å². The van der Waals surface area contributed by atoms with Crippen LogP contribution in [0, 0.1) is 5.92 Å². The molecule has 0 aliphatic rings. The third-order valence-electron chi connectivity index (χ3n) is 3.29. The number of hydrogen-bond acceptors (Lipinski definition) is 4. The van der Waals surface area contributed by atoms with Gasteiger partial charge in [-0.05, 0) is 43.5 Å². The second-order valence-corrected chi connectivity index (χ2v) is 7.81. The molecule has 6 nitrogen and oxygen atoms in total. The highest BCUT2D eigenvalue weighted by Crippen LogP contribution is 2.18. The van der Waals surface area contributed by atoms with E-state index in [9.17, 15) is 18.0 Å². The van der Waals surface area contributed by atoms with Gasteiger partial charge in [-0.2, -0.15) is 0 Å². The van der Waals surface area contributed by atoms with Gasteiger partial charge in [-0.25, -0.2) is 8.42 Å². The van der Waals surface area contributed by atoms with Gasteiger partial charge in [0.15, 0.2) is 5.78 Å². The summed E-state index contributed by atoms with van der Waals surface area (Å²) in [6.45, 7) is 5.76. The molecule has 1 aromatic rings. The van der Waals surface area contributed by atoms with Crippen LogP contribution in [0.5, 0.6) is 0 Å². The first kappa shape index (κ1) is 19.2. The molecule has 1 amide bonds. The van der Waals surface area contributed by atoms with Gasteiger partial charge in [0.05, 0.1) is 11.9 Å². The normalized spacial score (nSPS) is 11.3. The van der Waals surface area contributed by atoms with E-state index in [2.05, 4.69) is 5.32 Å². The van der Waals surface area contributed by atoms with Crippen LogP contribution in [0.1, 0.15) is 37.6 Å². The molecular weight excluding hydrogens is 316 g/mol. The number of nitrogens with zero attached hydrogens (tertiary/aromatic N) is 1. The molecular formula is C16H24N2O4S. The molecule has 0 radical (unpaired) electrons.